The van der Waals surface area contributed by atoms with Crippen LogP contribution in [0, 0.1) is 0 Å². The third-order valence-electron chi connectivity index (χ3n) is 4.50. The van der Waals surface area contributed by atoms with Crippen LogP contribution in [0.2, 0.25) is 0 Å². The minimum Gasteiger partial charge on any atom is -0.378 e. The summed E-state index contributed by atoms with van der Waals surface area (Å²) in [4.78, 5) is 0. The Morgan fingerprint density at radius 1 is 0.800 bits per heavy atom. The molecule has 2 aromatic carbocycles. The quantitative estimate of drug-likeness (QED) is 0.495. The summed E-state index contributed by atoms with van der Waals surface area (Å²) >= 11 is 0. The summed E-state index contributed by atoms with van der Waals surface area (Å²) in [6, 6.07) is 21.3. The highest BCUT2D eigenvalue weighted by molar-refractivity contribution is 5.15. The molecule has 0 aliphatic carbocycles. The topological polar surface area (TPSA) is 21.3 Å². The zero-order chi connectivity index (χ0) is 17.6. The number of rotatable bonds is 13. The molecule has 1 unspecified atom stereocenters. The Morgan fingerprint density at radius 3 is 2.16 bits per heavy atom. The summed E-state index contributed by atoms with van der Waals surface area (Å²) in [6.45, 7) is 5.16. The van der Waals surface area contributed by atoms with E-state index in [9.17, 15) is 0 Å². The van der Waals surface area contributed by atoms with Crippen molar-refractivity contribution in [3.63, 3.8) is 0 Å². The third-order valence-corrected chi connectivity index (χ3v) is 4.50. The maximum absolute atomic E-state index is 5.93. The standard InChI is InChI=1S/C23H33NO/c1-21(16-17-22-12-6-4-7-13-22)25-19-11-3-2-10-18-24-20-23-14-8-5-9-15-23/h4-9,12-15,21,24H,2-3,10-11,16-20H2,1H3. The number of benzene rings is 2. The SMILES string of the molecule is CC(CCc1ccccc1)OCCCCCCNCc1ccccc1. The summed E-state index contributed by atoms with van der Waals surface area (Å²) < 4.78 is 5.93. The average Bonchev–Trinajstić information content (AvgIpc) is 2.66. The van der Waals surface area contributed by atoms with Crippen molar-refractivity contribution < 1.29 is 4.74 Å². The molecule has 2 aromatic rings. The van der Waals surface area contributed by atoms with Gasteiger partial charge in [-0.05, 0) is 50.3 Å². The van der Waals surface area contributed by atoms with E-state index in [0.29, 0.717) is 6.10 Å². The first-order chi connectivity index (χ1) is 12.3. The highest BCUT2D eigenvalue weighted by Crippen LogP contribution is 2.08. The Hall–Kier alpha value is -1.64. The van der Waals surface area contributed by atoms with Gasteiger partial charge < -0.3 is 10.1 Å². The average molecular weight is 340 g/mol. The molecular weight excluding hydrogens is 306 g/mol. The molecule has 0 spiro atoms. The van der Waals surface area contributed by atoms with Gasteiger partial charge in [0.15, 0.2) is 0 Å². The van der Waals surface area contributed by atoms with Gasteiger partial charge in [-0.3, -0.25) is 0 Å². The van der Waals surface area contributed by atoms with E-state index in [0.717, 1.165) is 32.5 Å². The van der Waals surface area contributed by atoms with Crippen molar-refractivity contribution in [3.05, 3.63) is 71.8 Å². The molecule has 0 heterocycles. The first-order valence-corrected chi connectivity index (χ1v) is 9.75. The van der Waals surface area contributed by atoms with E-state index in [1.54, 1.807) is 0 Å². The Balaban J connectivity index is 1.38. The fourth-order valence-corrected chi connectivity index (χ4v) is 2.92. The van der Waals surface area contributed by atoms with Gasteiger partial charge in [0.05, 0.1) is 6.10 Å². The molecule has 136 valence electrons. The molecule has 0 saturated heterocycles. The molecule has 1 N–H and O–H groups in total. The molecule has 0 aliphatic heterocycles. The van der Waals surface area contributed by atoms with E-state index in [1.807, 2.05) is 0 Å². The van der Waals surface area contributed by atoms with Crippen LogP contribution in [0.1, 0.15) is 50.2 Å². The summed E-state index contributed by atoms with van der Waals surface area (Å²) in [5, 5.41) is 3.51. The van der Waals surface area contributed by atoms with Crippen LogP contribution < -0.4 is 5.32 Å². The highest BCUT2D eigenvalue weighted by Gasteiger charge is 2.02. The molecule has 2 nitrogen and oxygen atoms in total. The van der Waals surface area contributed by atoms with E-state index in [2.05, 4.69) is 72.9 Å². The molecule has 0 aromatic heterocycles. The number of ether oxygens (including phenoxy) is 1. The summed E-state index contributed by atoms with van der Waals surface area (Å²) in [7, 11) is 0. The van der Waals surface area contributed by atoms with Crippen molar-refractivity contribution in [2.75, 3.05) is 13.2 Å². The lowest BCUT2D eigenvalue weighted by molar-refractivity contribution is 0.0577. The molecule has 2 heteroatoms. The van der Waals surface area contributed by atoms with Crippen LogP contribution in [-0.4, -0.2) is 19.3 Å². The molecule has 0 amide bonds. The zero-order valence-corrected chi connectivity index (χ0v) is 15.6. The van der Waals surface area contributed by atoms with Gasteiger partial charge in [-0.1, -0.05) is 73.5 Å². The minimum atomic E-state index is 0.354. The Kier molecular flexibility index (Phi) is 9.99. The first-order valence-electron chi connectivity index (χ1n) is 9.75. The second kappa shape index (κ2) is 12.7. The van der Waals surface area contributed by atoms with Crippen molar-refractivity contribution in [3.8, 4) is 0 Å². The third kappa shape index (κ3) is 9.42. The number of nitrogens with one attached hydrogen (secondary N) is 1. The van der Waals surface area contributed by atoms with Crippen molar-refractivity contribution in [2.45, 2.75) is 58.1 Å². The van der Waals surface area contributed by atoms with Crippen LogP contribution in [0.4, 0.5) is 0 Å². The van der Waals surface area contributed by atoms with Gasteiger partial charge in [0.2, 0.25) is 0 Å². The van der Waals surface area contributed by atoms with Crippen LogP contribution in [-0.2, 0) is 17.7 Å². The maximum atomic E-state index is 5.93. The van der Waals surface area contributed by atoms with Gasteiger partial charge >= 0.3 is 0 Å². The summed E-state index contributed by atoms with van der Waals surface area (Å²) in [5.41, 5.74) is 2.77. The fourth-order valence-electron chi connectivity index (χ4n) is 2.92. The molecule has 0 aliphatic rings. The van der Waals surface area contributed by atoms with Crippen LogP contribution in [0.25, 0.3) is 0 Å². The van der Waals surface area contributed by atoms with E-state index in [1.165, 1.54) is 36.8 Å². The van der Waals surface area contributed by atoms with Crippen molar-refractivity contribution >= 4 is 0 Å². The Labute approximate surface area is 153 Å². The van der Waals surface area contributed by atoms with Crippen molar-refractivity contribution in [2.24, 2.45) is 0 Å². The van der Waals surface area contributed by atoms with E-state index >= 15 is 0 Å². The smallest absolute Gasteiger partial charge is 0.0550 e. The summed E-state index contributed by atoms with van der Waals surface area (Å²) in [5.74, 6) is 0. The van der Waals surface area contributed by atoms with E-state index in [4.69, 9.17) is 4.74 Å². The Bertz CT molecular complexity index is 541. The second-order valence-electron chi connectivity index (χ2n) is 6.78. The zero-order valence-electron chi connectivity index (χ0n) is 15.6. The number of aryl methyl sites for hydroxylation is 1. The lowest BCUT2D eigenvalue weighted by atomic mass is 10.1. The lowest BCUT2D eigenvalue weighted by Gasteiger charge is -2.13. The summed E-state index contributed by atoms with van der Waals surface area (Å²) in [6.07, 6.45) is 7.53. The maximum Gasteiger partial charge on any atom is 0.0550 e. The van der Waals surface area contributed by atoms with Gasteiger partial charge in [0, 0.05) is 13.2 Å². The number of hydrogen-bond donors (Lipinski definition) is 1. The van der Waals surface area contributed by atoms with E-state index < -0.39 is 0 Å². The molecule has 0 fully saturated rings. The van der Waals surface area contributed by atoms with Gasteiger partial charge in [-0.15, -0.1) is 0 Å². The normalized spacial score (nSPS) is 12.2. The second-order valence-corrected chi connectivity index (χ2v) is 6.78. The van der Waals surface area contributed by atoms with Gasteiger partial charge in [0.25, 0.3) is 0 Å². The minimum absolute atomic E-state index is 0.354. The van der Waals surface area contributed by atoms with Crippen LogP contribution in [0.15, 0.2) is 60.7 Å². The van der Waals surface area contributed by atoms with Gasteiger partial charge in [-0.2, -0.15) is 0 Å². The van der Waals surface area contributed by atoms with Crippen molar-refractivity contribution in [1.82, 2.24) is 5.32 Å². The molecule has 25 heavy (non-hydrogen) atoms. The molecular formula is C23H33NO. The predicted molar refractivity (Wildman–Crippen MR) is 107 cm³/mol. The fraction of sp³-hybridized carbons (Fsp3) is 0.478. The monoisotopic (exact) mass is 339 g/mol. The highest BCUT2D eigenvalue weighted by atomic mass is 16.5. The number of hydrogen-bond acceptors (Lipinski definition) is 2. The number of unbranched alkanes of at least 4 members (excludes halogenated alkanes) is 3. The molecule has 0 saturated carbocycles. The van der Waals surface area contributed by atoms with Crippen LogP contribution in [0.3, 0.4) is 0 Å². The van der Waals surface area contributed by atoms with E-state index in [-0.39, 0.29) is 0 Å². The van der Waals surface area contributed by atoms with Gasteiger partial charge in [0.1, 0.15) is 0 Å². The Morgan fingerprint density at radius 2 is 1.44 bits per heavy atom. The van der Waals surface area contributed by atoms with Crippen molar-refractivity contribution in [1.29, 1.82) is 0 Å². The molecule has 2 rings (SSSR count). The molecule has 0 bridgehead atoms. The lowest BCUT2D eigenvalue weighted by Crippen LogP contribution is -2.14. The molecule has 1 atom stereocenters. The van der Waals surface area contributed by atoms with Gasteiger partial charge in [-0.25, -0.2) is 0 Å². The largest absolute Gasteiger partial charge is 0.378 e. The van der Waals surface area contributed by atoms with Crippen LogP contribution in [0.5, 0.6) is 0 Å². The molecule has 0 radical (unpaired) electrons. The van der Waals surface area contributed by atoms with Crippen LogP contribution >= 0.6 is 0 Å². The predicted octanol–water partition coefficient (Wildman–Crippen LogP) is 5.37. The first kappa shape index (κ1) is 19.7.